The van der Waals surface area contributed by atoms with Crippen LogP contribution in [0.4, 0.5) is 0 Å². The maximum Gasteiger partial charge on any atom is 0.330 e. The Morgan fingerprint density at radius 3 is 2.56 bits per heavy atom. The molecule has 0 fully saturated rings. The number of carbonyl (C=O) groups excluding carboxylic acids is 1. The van der Waals surface area contributed by atoms with E-state index in [0.29, 0.717) is 10.5 Å². The van der Waals surface area contributed by atoms with Crippen LogP contribution in [-0.2, 0) is 9.53 Å². The molecule has 0 bridgehead atoms. The lowest BCUT2D eigenvalue weighted by Crippen LogP contribution is -1.96. The summed E-state index contributed by atoms with van der Waals surface area (Å²) in [6, 6.07) is 3.86. The second kappa shape index (κ2) is 5.51. The molecule has 0 aliphatic heterocycles. The number of carbonyl (C=O) groups is 1. The largest absolute Gasteiger partial charge is 0.553 e. The minimum Gasteiger partial charge on any atom is -0.553 e. The lowest BCUT2D eigenvalue weighted by atomic mass is 10.0. The SMILES string of the molecule is COC(=O)C=Cc1ccc(O[SiH3])c(C)c1C. The summed E-state index contributed by atoms with van der Waals surface area (Å²) < 4.78 is 9.89. The summed E-state index contributed by atoms with van der Waals surface area (Å²) in [6.07, 6.45) is 3.17. The van der Waals surface area contributed by atoms with Gasteiger partial charge in [0.1, 0.15) is 5.75 Å². The molecule has 0 atom stereocenters. The van der Waals surface area contributed by atoms with Gasteiger partial charge in [-0.3, -0.25) is 0 Å². The van der Waals surface area contributed by atoms with Crippen molar-refractivity contribution in [1.29, 1.82) is 0 Å². The molecule has 0 radical (unpaired) electrons. The lowest BCUT2D eigenvalue weighted by Gasteiger charge is -2.10. The van der Waals surface area contributed by atoms with Crippen molar-refractivity contribution in [2.45, 2.75) is 13.8 Å². The molecule has 0 heterocycles. The van der Waals surface area contributed by atoms with E-state index in [1.165, 1.54) is 13.2 Å². The van der Waals surface area contributed by atoms with Gasteiger partial charge in [-0.05, 0) is 42.7 Å². The van der Waals surface area contributed by atoms with Gasteiger partial charge < -0.3 is 9.16 Å². The van der Waals surface area contributed by atoms with Gasteiger partial charge in [0.15, 0.2) is 0 Å². The van der Waals surface area contributed by atoms with E-state index in [9.17, 15) is 4.79 Å². The lowest BCUT2D eigenvalue weighted by molar-refractivity contribution is -0.134. The van der Waals surface area contributed by atoms with Crippen LogP contribution < -0.4 is 4.43 Å². The Labute approximate surface area is 98.6 Å². The summed E-state index contributed by atoms with van der Waals surface area (Å²) >= 11 is 0. The summed E-state index contributed by atoms with van der Waals surface area (Å²) in [6.45, 7) is 4.02. The molecule has 1 aromatic carbocycles. The Bertz CT molecular complexity index is 425. The molecule has 0 spiro atoms. The smallest absolute Gasteiger partial charge is 0.330 e. The predicted octanol–water partition coefficient (Wildman–Crippen LogP) is 1.15. The first-order valence-electron chi connectivity index (χ1n) is 5.00. The highest BCUT2D eigenvalue weighted by atomic mass is 28.2. The molecular formula is C12H16O3Si. The van der Waals surface area contributed by atoms with E-state index in [4.69, 9.17) is 4.43 Å². The van der Waals surface area contributed by atoms with E-state index in [-0.39, 0.29) is 5.97 Å². The summed E-state index contributed by atoms with van der Waals surface area (Å²) in [7, 11) is 2.04. The maximum atomic E-state index is 11.0. The molecule has 16 heavy (non-hydrogen) atoms. The molecule has 0 N–H and O–H groups in total. The van der Waals surface area contributed by atoms with Gasteiger partial charge in [0.05, 0.1) is 7.11 Å². The number of hydrogen-bond donors (Lipinski definition) is 0. The number of esters is 1. The number of benzene rings is 1. The summed E-state index contributed by atoms with van der Waals surface area (Å²) in [5, 5.41) is 0. The second-order valence-electron chi connectivity index (χ2n) is 3.46. The first-order valence-corrected chi connectivity index (χ1v) is 5.82. The summed E-state index contributed by atoms with van der Waals surface area (Å²) in [5.41, 5.74) is 3.24. The zero-order valence-electron chi connectivity index (χ0n) is 10.0. The van der Waals surface area contributed by atoms with Crippen molar-refractivity contribution in [1.82, 2.24) is 0 Å². The molecule has 3 nitrogen and oxygen atoms in total. The fourth-order valence-electron chi connectivity index (χ4n) is 1.44. The summed E-state index contributed by atoms with van der Waals surface area (Å²) in [5.74, 6) is 0.569. The highest BCUT2D eigenvalue weighted by molar-refractivity contribution is 6.00. The Hall–Kier alpha value is -1.55. The number of hydrogen-bond acceptors (Lipinski definition) is 3. The number of methoxy groups -OCH3 is 1. The van der Waals surface area contributed by atoms with Crippen LogP contribution in [0, 0.1) is 13.8 Å². The van der Waals surface area contributed by atoms with E-state index >= 15 is 0 Å². The normalized spacial score (nSPS) is 10.7. The van der Waals surface area contributed by atoms with Crippen molar-refractivity contribution in [3.05, 3.63) is 34.9 Å². The number of ether oxygens (including phenoxy) is 1. The van der Waals surface area contributed by atoms with Crippen LogP contribution >= 0.6 is 0 Å². The van der Waals surface area contributed by atoms with E-state index in [2.05, 4.69) is 4.74 Å². The molecule has 4 heteroatoms. The topological polar surface area (TPSA) is 35.5 Å². The molecule has 0 amide bonds. The fraction of sp³-hybridized carbons (Fsp3) is 0.250. The van der Waals surface area contributed by atoms with E-state index in [0.717, 1.165) is 22.4 Å². The van der Waals surface area contributed by atoms with Crippen LogP contribution in [0.2, 0.25) is 0 Å². The Balaban J connectivity index is 3.03. The van der Waals surface area contributed by atoms with Gasteiger partial charge in [-0.2, -0.15) is 0 Å². The zero-order chi connectivity index (χ0) is 12.1. The third-order valence-corrected chi connectivity index (χ3v) is 3.04. The van der Waals surface area contributed by atoms with Crippen molar-refractivity contribution >= 4 is 22.5 Å². The van der Waals surface area contributed by atoms with Gasteiger partial charge >= 0.3 is 5.97 Å². The molecule has 0 aliphatic carbocycles. The quantitative estimate of drug-likeness (QED) is 0.449. The van der Waals surface area contributed by atoms with Crippen LogP contribution in [0.5, 0.6) is 5.75 Å². The third-order valence-electron chi connectivity index (χ3n) is 2.60. The Morgan fingerprint density at radius 1 is 1.31 bits per heavy atom. The predicted molar refractivity (Wildman–Crippen MR) is 67.5 cm³/mol. The molecule has 0 aromatic heterocycles. The van der Waals surface area contributed by atoms with Crippen molar-refractivity contribution < 1.29 is 14.0 Å². The standard InChI is InChI=1S/C12H16O3Si/c1-8-9(2)11(15-16)6-4-10(8)5-7-12(13)14-3/h4-7H,1-3,16H3. The molecule has 86 valence electrons. The van der Waals surface area contributed by atoms with E-state index in [1.54, 1.807) is 6.08 Å². The van der Waals surface area contributed by atoms with Gasteiger partial charge in [0, 0.05) is 6.08 Å². The monoisotopic (exact) mass is 236 g/mol. The van der Waals surface area contributed by atoms with Gasteiger partial charge in [0.2, 0.25) is 10.5 Å². The van der Waals surface area contributed by atoms with Gasteiger partial charge in [-0.1, -0.05) is 6.07 Å². The van der Waals surface area contributed by atoms with E-state index < -0.39 is 0 Å². The van der Waals surface area contributed by atoms with Crippen molar-refractivity contribution in [2.75, 3.05) is 7.11 Å². The van der Waals surface area contributed by atoms with Crippen molar-refractivity contribution in [3.8, 4) is 5.75 Å². The van der Waals surface area contributed by atoms with Gasteiger partial charge in [-0.15, -0.1) is 0 Å². The third kappa shape index (κ3) is 2.73. The van der Waals surface area contributed by atoms with Crippen LogP contribution in [0.25, 0.3) is 6.08 Å². The van der Waals surface area contributed by atoms with E-state index in [1.807, 2.05) is 26.0 Å². The zero-order valence-corrected chi connectivity index (χ0v) is 12.0. The molecule has 0 saturated carbocycles. The first kappa shape index (κ1) is 12.5. The highest BCUT2D eigenvalue weighted by Crippen LogP contribution is 2.24. The minimum atomic E-state index is -0.347. The van der Waals surface area contributed by atoms with Gasteiger partial charge in [-0.25, -0.2) is 4.79 Å². The minimum absolute atomic E-state index is 0.347. The second-order valence-corrected chi connectivity index (χ2v) is 3.87. The molecule has 1 aromatic rings. The van der Waals surface area contributed by atoms with Gasteiger partial charge in [0.25, 0.3) is 0 Å². The van der Waals surface area contributed by atoms with Crippen LogP contribution in [0.1, 0.15) is 16.7 Å². The Morgan fingerprint density at radius 2 is 2.00 bits per heavy atom. The van der Waals surface area contributed by atoms with Crippen molar-refractivity contribution in [3.63, 3.8) is 0 Å². The van der Waals surface area contributed by atoms with Crippen LogP contribution in [-0.4, -0.2) is 23.6 Å². The first-order chi connectivity index (χ1) is 7.60. The fourth-order valence-corrected chi connectivity index (χ4v) is 1.89. The molecule has 1 rings (SSSR count). The molecule has 0 saturated heterocycles. The maximum absolute atomic E-state index is 11.0. The summed E-state index contributed by atoms with van der Waals surface area (Å²) in [4.78, 5) is 11.0. The number of rotatable bonds is 3. The van der Waals surface area contributed by atoms with Crippen LogP contribution in [0.15, 0.2) is 18.2 Å². The van der Waals surface area contributed by atoms with Crippen molar-refractivity contribution in [2.24, 2.45) is 0 Å². The highest BCUT2D eigenvalue weighted by Gasteiger charge is 2.04. The molecule has 0 aliphatic rings. The average Bonchev–Trinajstić information content (AvgIpc) is 2.30. The average molecular weight is 236 g/mol. The molecular weight excluding hydrogens is 220 g/mol. The Kier molecular flexibility index (Phi) is 4.31. The van der Waals surface area contributed by atoms with Crippen LogP contribution in [0.3, 0.4) is 0 Å². The molecule has 0 unspecified atom stereocenters.